The fraction of sp³-hybridized carbons (Fsp3) is 0.500. The van der Waals surface area contributed by atoms with E-state index >= 15 is 0 Å². The summed E-state index contributed by atoms with van der Waals surface area (Å²) in [6, 6.07) is 2.54. The second-order valence-electron chi connectivity index (χ2n) is 4.83. The lowest BCUT2D eigenvalue weighted by Gasteiger charge is -2.48. The largest absolute Gasteiger partial charge is 0.487 e. The van der Waals surface area contributed by atoms with Crippen LogP contribution in [-0.4, -0.2) is 10.9 Å². The average Bonchev–Trinajstić information content (AvgIpc) is 2.24. The fourth-order valence-electron chi connectivity index (χ4n) is 1.81. The quantitative estimate of drug-likeness (QED) is 0.543. The van der Waals surface area contributed by atoms with Gasteiger partial charge >= 0.3 is 0 Å². The molecule has 1 aromatic carbocycles. The van der Waals surface area contributed by atoms with E-state index < -0.39 is 11.6 Å². The summed E-state index contributed by atoms with van der Waals surface area (Å²) in [4.78, 5) is 0.347. The van der Waals surface area contributed by atoms with Crippen molar-refractivity contribution in [1.29, 1.82) is 0 Å². The molecule has 0 aromatic heterocycles. The zero-order chi connectivity index (χ0) is 12.8. The van der Waals surface area contributed by atoms with E-state index in [1.165, 1.54) is 6.07 Å². The highest BCUT2D eigenvalue weighted by atomic mass is 79.9. The molecular formula is C12H12Br2F2O. The van der Waals surface area contributed by atoms with Gasteiger partial charge in [-0.15, -0.1) is 0 Å². The lowest BCUT2D eigenvalue weighted by atomic mass is 9.69. The number of ether oxygens (including phenoxy) is 1. The number of halogens is 4. The van der Waals surface area contributed by atoms with Gasteiger partial charge in [-0.25, -0.2) is 4.39 Å². The minimum Gasteiger partial charge on any atom is -0.487 e. The third kappa shape index (κ3) is 2.36. The van der Waals surface area contributed by atoms with Crippen molar-refractivity contribution in [3.05, 3.63) is 28.2 Å². The molecule has 1 aliphatic rings. The first-order valence-electron chi connectivity index (χ1n) is 5.27. The lowest BCUT2D eigenvalue weighted by molar-refractivity contribution is -0.0106. The van der Waals surface area contributed by atoms with Crippen molar-refractivity contribution in [3.8, 4) is 5.75 Å². The van der Waals surface area contributed by atoms with Crippen molar-refractivity contribution in [3.63, 3.8) is 0 Å². The summed E-state index contributed by atoms with van der Waals surface area (Å²) in [5.41, 5.74) is -0.0781. The minimum absolute atomic E-state index is 0.0330. The lowest BCUT2D eigenvalue weighted by Crippen LogP contribution is -2.53. The maximum Gasteiger partial charge on any atom is 0.200 e. The molecule has 0 saturated heterocycles. The molecule has 0 radical (unpaired) electrons. The van der Waals surface area contributed by atoms with Crippen LogP contribution in [0.25, 0.3) is 0 Å². The van der Waals surface area contributed by atoms with E-state index in [-0.39, 0.29) is 17.3 Å². The molecule has 0 heterocycles. The van der Waals surface area contributed by atoms with Crippen molar-refractivity contribution in [2.45, 2.75) is 31.2 Å². The van der Waals surface area contributed by atoms with Crippen molar-refractivity contribution in [2.24, 2.45) is 5.41 Å². The zero-order valence-electron chi connectivity index (χ0n) is 9.44. The predicted molar refractivity (Wildman–Crippen MR) is 69.6 cm³/mol. The third-order valence-corrected chi connectivity index (χ3v) is 5.30. The normalized spacial score (nSPS) is 26.5. The third-order valence-electron chi connectivity index (χ3n) is 3.29. The van der Waals surface area contributed by atoms with Crippen LogP contribution in [0.15, 0.2) is 16.6 Å². The summed E-state index contributed by atoms with van der Waals surface area (Å²) >= 11 is 6.65. The Balaban J connectivity index is 2.20. The summed E-state index contributed by atoms with van der Waals surface area (Å²) < 4.78 is 32.7. The van der Waals surface area contributed by atoms with Gasteiger partial charge in [-0.3, -0.25) is 0 Å². The van der Waals surface area contributed by atoms with Crippen LogP contribution >= 0.6 is 31.9 Å². The van der Waals surface area contributed by atoms with Crippen molar-refractivity contribution < 1.29 is 13.5 Å². The number of alkyl halides is 1. The first kappa shape index (κ1) is 13.3. The second kappa shape index (κ2) is 4.50. The molecule has 0 amide bonds. The standard InChI is InChI=1S/C12H12Br2F2O/c1-12(2)9(14)5-10(12)17-8-4-6(13)3-7(15)11(8)16/h3-4,9-10H,5H2,1-2H3. The van der Waals surface area contributed by atoms with Crippen LogP contribution in [0.3, 0.4) is 0 Å². The number of rotatable bonds is 2. The van der Waals surface area contributed by atoms with E-state index in [0.717, 1.165) is 12.5 Å². The molecule has 2 unspecified atom stereocenters. The fourth-order valence-corrected chi connectivity index (χ4v) is 2.85. The maximum atomic E-state index is 13.5. The molecule has 0 bridgehead atoms. The smallest absolute Gasteiger partial charge is 0.200 e. The Morgan fingerprint density at radius 1 is 1.35 bits per heavy atom. The van der Waals surface area contributed by atoms with E-state index in [2.05, 4.69) is 31.9 Å². The monoisotopic (exact) mass is 368 g/mol. The van der Waals surface area contributed by atoms with Crippen molar-refractivity contribution >= 4 is 31.9 Å². The average molecular weight is 370 g/mol. The highest BCUT2D eigenvalue weighted by molar-refractivity contribution is 9.10. The van der Waals surface area contributed by atoms with Crippen LogP contribution in [0.2, 0.25) is 0 Å². The second-order valence-corrected chi connectivity index (χ2v) is 6.85. The zero-order valence-corrected chi connectivity index (χ0v) is 12.6. The Morgan fingerprint density at radius 2 is 2.00 bits per heavy atom. The highest BCUT2D eigenvalue weighted by Crippen LogP contribution is 2.47. The first-order valence-corrected chi connectivity index (χ1v) is 6.98. The van der Waals surface area contributed by atoms with E-state index in [1.807, 2.05) is 13.8 Å². The summed E-state index contributed by atoms with van der Waals surface area (Å²) in [7, 11) is 0. The van der Waals surface area contributed by atoms with Gasteiger partial charge in [0.2, 0.25) is 5.82 Å². The molecule has 5 heteroatoms. The van der Waals surface area contributed by atoms with Gasteiger partial charge < -0.3 is 4.74 Å². The Labute approximate surface area is 116 Å². The van der Waals surface area contributed by atoms with E-state index in [4.69, 9.17) is 4.74 Å². The van der Waals surface area contributed by atoms with Gasteiger partial charge in [-0.2, -0.15) is 4.39 Å². The first-order chi connectivity index (χ1) is 7.82. The molecule has 0 N–H and O–H groups in total. The Kier molecular flexibility index (Phi) is 3.51. The summed E-state index contributed by atoms with van der Waals surface area (Å²) in [6.45, 7) is 4.07. The molecular weight excluding hydrogens is 358 g/mol. The van der Waals surface area contributed by atoms with Gasteiger partial charge in [-0.05, 0) is 18.6 Å². The van der Waals surface area contributed by atoms with Gasteiger partial charge in [0.15, 0.2) is 11.6 Å². The van der Waals surface area contributed by atoms with Gasteiger partial charge in [0.25, 0.3) is 0 Å². The molecule has 1 aromatic rings. The van der Waals surface area contributed by atoms with E-state index in [0.29, 0.717) is 9.30 Å². The van der Waals surface area contributed by atoms with Crippen LogP contribution in [-0.2, 0) is 0 Å². The van der Waals surface area contributed by atoms with Crippen LogP contribution in [0.1, 0.15) is 20.3 Å². The minimum atomic E-state index is -0.929. The highest BCUT2D eigenvalue weighted by Gasteiger charge is 2.48. The Morgan fingerprint density at radius 3 is 2.53 bits per heavy atom. The van der Waals surface area contributed by atoms with Gasteiger partial charge in [-0.1, -0.05) is 45.7 Å². The Hall–Kier alpha value is -0.160. The molecule has 1 saturated carbocycles. The summed E-state index contributed by atoms with van der Waals surface area (Å²) in [5.74, 6) is -1.86. The number of hydrogen-bond donors (Lipinski definition) is 0. The Bertz CT molecular complexity index is 448. The van der Waals surface area contributed by atoms with Crippen LogP contribution in [0.5, 0.6) is 5.75 Å². The molecule has 17 heavy (non-hydrogen) atoms. The van der Waals surface area contributed by atoms with Crippen molar-refractivity contribution in [1.82, 2.24) is 0 Å². The molecule has 1 aliphatic carbocycles. The maximum absolute atomic E-state index is 13.5. The topological polar surface area (TPSA) is 9.23 Å². The molecule has 0 spiro atoms. The van der Waals surface area contributed by atoms with E-state index in [9.17, 15) is 8.78 Å². The predicted octanol–water partition coefficient (Wildman–Crippen LogP) is 4.67. The van der Waals surface area contributed by atoms with Gasteiger partial charge in [0, 0.05) is 14.7 Å². The van der Waals surface area contributed by atoms with Crippen LogP contribution < -0.4 is 4.74 Å². The molecule has 94 valence electrons. The number of hydrogen-bond acceptors (Lipinski definition) is 1. The number of benzene rings is 1. The van der Waals surface area contributed by atoms with Crippen LogP contribution in [0.4, 0.5) is 8.78 Å². The SMILES string of the molecule is CC1(C)C(Br)CC1Oc1cc(Br)cc(F)c1F. The van der Waals surface area contributed by atoms with E-state index in [1.54, 1.807) is 0 Å². The van der Waals surface area contributed by atoms with Crippen molar-refractivity contribution in [2.75, 3.05) is 0 Å². The van der Waals surface area contributed by atoms with Crippen LogP contribution in [0, 0.1) is 17.0 Å². The molecule has 1 nitrogen and oxygen atoms in total. The molecule has 1 fully saturated rings. The summed E-state index contributed by atoms with van der Waals surface area (Å²) in [5, 5.41) is 0. The van der Waals surface area contributed by atoms with Gasteiger partial charge in [0.05, 0.1) is 0 Å². The summed E-state index contributed by atoms with van der Waals surface area (Å²) in [6.07, 6.45) is 0.690. The van der Waals surface area contributed by atoms with Gasteiger partial charge in [0.1, 0.15) is 6.10 Å². The molecule has 2 rings (SSSR count). The molecule has 2 atom stereocenters. The molecule has 0 aliphatic heterocycles.